The van der Waals surface area contributed by atoms with E-state index >= 15 is 0 Å². The molecule has 0 spiro atoms. The van der Waals surface area contributed by atoms with Crippen molar-refractivity contribution in [2.75, 3.05) is 32.6 Å². The number of anilines is 1. The normalized spacial score (nSPS) is 13.6. The molecule has 0 radical (unpaired) electrons. The quantitative estimate of drug-likeness (QED) is 0.778. The number of benzene rings is 2. The molecule has 5 heteroatoms. The zero-order chi connectivity index (χ0) is 17.5. The Morgan fingerprint density at radius 3 is 2.42 bits per heavy atom. The lowest BCUT2D eigenvalue weighted by Crippen LogP contribution is -2.30. The molecule has 130 valence electrons. The van der Waals surface area contributed by atoms with Gasteiger partial charge in [0.25, 0.3) is 0 Å². The van der Waals surface area contributed by atoms with Crippen LogP contribution in [-0.2, 0) is 0 Å². The van der Waals surface area contributed by atoms with Crippen LogP contribution in [0.5, 0.6) is 5.75 Å². The maximum absolute atomic E-state index is 13.8. The first-order valence-corrected chi connectivity index (χ1v) is 8.02. The molecular weight excluding hydrogens is 307 g/mol. The van der Waals surface area contributed by atoms with E-state index in [0.29, 0.717) is 17.9 Å². The van der Waals surface area contributed by atoms with Gasteiger partial charge in [-0.1, -0.05) is 18.2 Å². The number of likely N-dealkylation sites (N-methyl/N-ethyl adjacent to an activating group) is 1. The van der Waals surface area contributed by atoms with Gasteiger partial charge in [0.1, 0.15) is 24.3 Å². The van der Waals surface area contributed by atoms with E-state index in [1.807, 2.05) is 56.3 Å². The number of rotatable bonds is 8. The average Bonchev–Trinajstić information content (AvgIpc) is 2.54. The summed E-state index contributed by atoms with van der Waals surface area (Å²) in [4.78, 5) is 1.91. The van der Waals surface area contributed by atoms with Crippen molar-refractivity contribution in [3.05, 3.63) is 59.9 Å². The lowest BCUT2D eigenvalue weighted by Gasteiger charge is -2.18. The minimum atomic E-state index is -0.529. The molecule has 0 aromatic heterocycles. The predicted octanol–water partition coefficient (Wildman–Crippen LogP) is 3.30. The minimum absolute atomic E-state index is 0.139. The lowest BCUT2D eigenvalue weighted by molar-refractivity contribution is 0.0831. The van der Waals surface area contributed by atoms with Crippen LogP contribution in [-0.4, -0.2) is 43.4 Å². The number of aliphatic hydroxyl groups excluding tert-OH is 1. The highest BCUT2D eigenvalue weighted by atomic mass is 19.1. The second kappa shape index (κ2) is 8.66. The van der Waals surface area contributed by atoms with Gasteiger partial charge in [0.05, 0.1) is 6.04 Å². The molecule has 2 aromatic carbocycles. The Hall–Kier alpha value is -2.11. The van der Waals surface area contributed by atoms with Gasteiger partial charge in [0.2, 0.25) is 0 Å². The van der Waals surface area contributed by atoms with Crippen LogP contribution >= 0.6 is 0 Å². The van der Waals surface area contributed by atoms with Crippen LogP contribution < -0.4 is 10.1 Å². The van der Waals surface area contributed by atoms with Crippen molar-refractivity contribution in [3.63, 3.8) is 0 Å². The van der Waals surface area contributed by atoms with Crippen LogP contribution in [0, 0.1) is 5.82 Å². The van der Waals surface area contributed by atoms with E-state index in [2.05, 4.69) is 5.32 Å². The molecule has 0 saturated carbocycles. The van der Waals surface area contributed by atoms with Crippen molar-refractivity contribution in [1.29, 1.82) is 0 Å². The van der Waals surface area contributed by atoms with Gasteiger partial charge in [-0.3, -0.25) is 0 Å². The predicted molar refractivity (Wildman–Crippen MR) is 94.9 cm³/mol. The Morgan fingerprint density at radius 2 is 1.79 bits per heavy atom. The SMILES string of the molecule is CC(Nc1ccc(OCC(O)CN(C)C)cc1)c1ccccc1F. The topological polar surface area (TPSA) is 44.7 Å². The number of nitrogens with zero attached hydrogens (tertiary/aromatic N) is 1. The number of hydrogen-bond acceptors (Lipinski definition) is 4. The molecule has 0 aliphatic rings. The molecule has 0 heterocycles. The molecule has 0 aliphatic carbocycles. The molecule has 2 aromatic rings. The largest absolute Gasteiger partial charge is 0.491 e. The number of halogens is 1. The van der Waals surface area contributed by atoms with Gasteiger partial charge in [-0.2, -0.15) is 0 Å². The van der Waals surface area contributed by atoms with Gasteiger partial charge in [-0.15, -0.1) is 0 Å². The van der Waals surface area contributed by atoms with Gasteiger partial charge < -0.3 is 20.1 Å². The van der Waals surface area contributed by atoms with Gasteiger partial charge in [0, 0.05) is 17.8 Å². The van der Waals surface area contributed by atoms with Crippen molar-refractivity contribution in [2.24, 2.45) is 0 Å². The minimum Gasteiger partial charge on any atom is -0.491 e. The first kappa shape index (κ1) is 18.2. The fraction of sp³-hybridized carbons (Fsp3) is 0.368. The summed E-state index contributed by atoms with van der Waals surface area (Å²) in [6.07, 6.45) is -0.529. The molecule has 2 unspecified atom stereocenters. The van der Waals surface area contributed by atoms with Crippen LogP contribution in [0.1, 0.15) is 18.5 Å². The van der Waals surface area contributed by atoms with Gasteiger partial charge in [-0.05, 0) is 51.4 Å². The zero-order valence-corrected chi connectivity index (χ0v) is 14.4. The lowest BCUT2D eigenvalue weighted by atomic mass is 10.1. The van der Waals surface area contributed by atoms with E-state index in [9.17, 15) is 9.50 Å². The molecule has 4 nitrogen and oxygen atoms in total. The Kier molecular flexibility index (Phi) is 6.58. The third-order valence-corrected chi connectivity index (χ3v) is 3.63. The van der Waals surface area contributed by atoms with Crippen LogP contribution in [0.15, 0.2) is 48.5 Å². The summed E-state index contributed by atoms with van der Waals surface area (Å²) in [5.74, 6) is 0.476. The Balaban J connectivity index is 1.89. The van der Waals surface area contributed by atoms with E-state index < -0.39 is 6.10 Å². The van der Waals surface area contributed by atoms with Crippen LogP contribution in [0.4, 0.5) is 10.1 Å². The van der Waals surface area contributed by atoms with Gasteiger partial charge >= 0.3 is 0 Å². The number of aliphatic hydroxyl groups is 1. The fourth-order valence-electron chi connectivity index (χ4n) is 2.47. The summed E-state index contributed by atoms with van der Waals surface area (Å²) >= 11 is 0. The number of hydrogen-bond donors (Lipinski definition) is 2. The molecular formula is C19H25FN2O2. The molecule has 0 saturated heterocycles. The maximum Gasteiger partial charge on any atom is 0.128 e. The summed E-state index contributed by atoms with van der Waals surface area (Å²) in [6, 6.07) is 14.0. The summed E-state index contributed by atoms with van der Waals surface area (Å²) in [6.45, 7) is 2.72. The molecule has 0 fully saturated rings. The molecule has 0 amide bonds. The van der Waals surface area contributed by atoms with Crippen molar-refractivity contribution >= 4 is 5.69 Å². The monoisotopic (exact) mass is 332 g/mol. The van der Waals surface area contributed by atoms with E-state index in [0.717, 1.165) is 5.69 Å². The number of nitrogens with one attached hydrogen (secondary N) is 1. The highest BCUT2D eigenvalue weighted by Gasteiger charge is 2.10. The van der Waals surface area contributed by atoms with Crippen molar-refractivity contribution in [3.8, 4) is 5.75 Å². The smallest absolute Gasteiger partial charge is 0.128 e. The highest BCUT2D eigenvalue weighted by molar-refractivity contribution is 5.48. The van der Waals surface area contributed by atoms with Crippen molar-refractivity contribution < 1.29 is 14.2 Å². The number of ether oxygens (including phenoxy) is 1. The molecule has 2 atom stereocenters. The average molecular weight is 332 g/mol. The third-order valence-electron chi connectivity index (χ3n) is 3.63. The standard InChI is InChI=1S/C19H25FN2O2/c1-14(18-6-4-5-7-19(18)20)21-15-8-10-17(11-9-15)24-13-16(23)12-22(2)3/h4-11,14,16,21,23H,12-13H2,1-3H3. The molecule has 0 bridgehead atoms. The second-order valence-electron chi connectivity index (χ2n) is 6.14. The third kappa shape index (κ3) is 5.51. The summed E-state index contributed by atoms with van der Waals surface area (Å²) in [5.41, 5.74) is 1.51. The maximum atomic E-state index is 13.8. The first-order valence-electron chi connectivity index (χ1n) is 8.02. The molecule has 24 heavy (non-hydrogen) atoms. The van der Waals surface area contributed by atoms with Gasteiger partial charge in [-0.25, -0.2) is 4.39 Å². The Morgan fingerprint density at radius 1 is 1.12 bits per heavy atom. The van der Waals surface area contributed by atoms with Crippen LogP contribution in [0.2, 0.25) is 0 Å². The highest BCUT2D eigenvalue weighted by Crippen LogP contribution is 2.23. The first-order chi connectivity index (χ1) is 11.5. The summed E-state index contributed by atoms with van der Waals surface area (Å²) < 4.78 is 19.4. The fourth-order valence-corrected chi connectivity index (χ4v) is 2.47. The van der Waals surface area contributed by atoms with Gasteiger partial charge in [0.15, 0.2) is 0 Å². The second-order valence-corrected chi connectivity index (χ2v) is 6.14. The Bertz CT molecular complexity index is 632. The van der Waals surface area contributed by atoms with Crippen LogP contribution in [0.25, 0.3) is 0 Å². The van der Waals surface area contributed by atoms with Crippen molar-refractivity contribution in [1.82, 2.24) is 4.90 Å². The van der Waals surface area contributed by atoms with E-state index in [4.69, 9.17) is 4.74 Å². The molecule has 2 rings (SSSR count). The molecule has 0 aliphatic heterocycles. The van der Waals surface area contributed by atoms with E-state index in [1.54, 1.807) is 12.1 Å². The van der Waals surface area contributed by atoms with Crippen LogP contribution in [0.3, 0.4) is 0 Å². The summed E-state index contributed by atoms with van der Waals surface area (Å²) in [7, 11) is 3.81. The summed E-state index contributed by atoms with van der Waals surface area (Å²) in [5, 5.41) is 13.1. The van der Waals surface area contributed by atoms with E-state index in [1.165, 1.54) is 6.07 Å². The molecule has 2 N–H and O–H groups in total. The van der Waals surface area contributed by atoms with E-state index in [-0.39, 0.29) is 18.5 Å². The zero-order valence-electron chi connectivity index (χ0n) is 14.4. The van der Waals surface area contributed by atoms with Crippen molar-refractivity contribution in [2.45, 2.75) is 19.1 Å². The Labute approximate surface area is 142 Å².